The first-order valence-corrected chi connectivity index (χ1v) is 6.49. The molecule has 0 bridgehead atoms. The van der Waals surface area contributed by atoms with Crippen LogP contribution in [0.2, 0.25) is 0 Å². The highest BCUT2D eigenvalue weighted by molar-refractivity contribution is 4.94. The summed E-state index contributed by atoms with van der Waals surface area (Å²) in [7, 11) is 0. The van der Waals surface area contributed by atoms with Crippen molar-refractivity contribution in [2.24, 2.45) is 0 Å². The quantitative estimate of drug-likeness (QED) is 0.715. The molecule has 0 spiro atoms. The van der Waals surface area contributed by atoms with Crippen LogP contribution in [0.15, 0.2) is 0 Å². The van der Waals surface area contributed by atoms with Gasteiger partial charge in [0, 0.05) is 5.54 Å². The molecule has 1 fully saturated rings. The summed E-state index contributed by atoms with van der Waals surface area (Å²) in [6.45, 7) is 14.0. The van der Waals surface area contributed by atoms with Crippen LogP contribution in [0, 0.1) is 0 Å². The fourth-order valence-corrected chi connectivity index (χ4v) is 1.65. The molecule has 1 heterocycles. The molecule has 1 atom stereocenters. The van der Waals surface area contributed by atoms with Crippen molar-refractivity contribution in [3.05, 3.63) is 0 Å². The number of hydrogen-bond acceptors (Lipinski definition) is 1. The Balaban J connectivity index is 0. The van der Waals surface area contributed by atoms with Gasteiger partial charge in [0.15, 0.2) is 0 Å². The summed E-state index contributed by atoms with van der Waals surface area (Å²) < 4.78 is 0. The molecule has 14 heavy (non-hydrogen) atoms. The Morgan fingerprint density at radius 2 is 1.50 bits per heavy atom. The third kappa shape index (κ3) is 6.42. The zero-order valence-electron chi connectivity index (χ0n) is 11.2. The molecule has 0 aliphatic carbocycles. The van der Waals surface area contributed by atoms with Crippen LogP contribution in [0.1, 0.15) is 73.6 Å². The lowest BCUT2D eigenvalue weighted by atomic mass is 9.81. The lowest BCUT2D eigenvalue weighted by Gasteiger charge is -2.42. The van der Waals surface area contributed by atoms with E-state index in [2.05, 4.69) is 33.0 Å². The standard InChI is InChI=1S/C8H17N.C3H8.C2H6/c1-3-5-8(4-2)6-7-9-8;1-3-2;1-2/h9H,3-7H2,1-2H3;3H2,1-2H3;1-2H3. The molecule has 1 aliphatic heterocycles. The maximum atomic E-state index is 3.51. The molecule has 88 valence electrons. The van der Waals surface area contributed by atoms with Crippen molar-refractivity contribution in [2.75, 3.05) is 6.54 Å². The van der Waals surface area contributed by atoms with Gasteiger partial charge in [-0.3, -0.25) is 0 Å². The molecule has 0 saturated carbocycles. The maximum Gasteiger partial charge on any atom is 0.0190 e. The van der Waals surface area contributed by atoms with Gasteiger partial charge in [0.2, 0.25) is 0 Å². The van der Waals surface area contributed by atoms with Gasteiger partial charge in [-0.1, -0.05) is 54.4 Å². The largest absolute Gasteiger partial charge is 0.311 e. The van der Waals surface area contributed by atoms with Gasteiger partial charge in [-0.25, -0.2) is 0 Å². The van der Waals surface area contributed by atoms with Crippen molar-refractivity contribution in [1.29, 1.82) is 0 Å². The van der Waals surface area contributed by atoms with E-state index in [4.69, 9.17) is 0 Å². The van der Waals surface area contributed by atoms with Crippen molar-refractivity contribution < 1.29 is 0 Å². The summed E-state index contributed by atoms with van der Waals surface area (Å²) >= 11 is 0. The molecule has 0 amide bonds. The molecular weight excluding hydrogens is 170 g/mol. The van der Waals surface area contributed by atoms with E-state index < -0.39 is 0 Å². The van der Waals surface area contributed by atoms with Crippen LogP contribution in [-0.4, -0.2) is 12.1 Å². The second kappa shape index (κ2) is 11.0. The van der Waals surface area contributed by atoms with Crippen molar-refractivity contribution in [2.45, 2.75) is 79.2 Å². The predicted molar refractivity (Wildman–Crippen MR) is 67.9 cm³/mol. The van der Waals surface area contributed by atoms with Gasteiger partial charge in [0.1, 0.15) is 0 Å². The molecule has 1 aliphatic rings. The Bertz CT molecular complexity index is 89.9. The van der Waals surface area contributed by atoms with Crippen LogP contribution >= 0.6 is 0 Å². The van der Waals surface area contributed by atoms with Crippen LogP contribution in [0.3, 0.4) is 0 Å². The van der Waals surface area contributed by atoms with E-state index in [0.29, 0.717) is 5.54 Å². The van der Waals surface area contributed by atoms with Gasteiger partial charge in [0.05, 0.1) is 0 Å². The van der Waals surface area contributed by atoms with E-state index in [-0.39, 0.29) is 0 Å². The van der Waals surface area contributed by atoms with Crippen LogP contribution < -0.4 is 5.32 Å². The predicted octanol–water partition coefficient (Wildman–Crippen LogP) is 4.37. The lowest BCUT2D eigenvalue weighted by Crippen LogP contribution is -2.56. The highest BCUT2D eigenvalue weighted by atomic mass is 15.0. The molecule has 0 radical (unpaired) electrons. The zero-order valence-corrected chi connectivity index (χ0v) is 11.2. The number of hydrogen-bond donors (Lipinski definition) is 1. The van der Waals surface area contributed by atoms with Crippen LogP contribution in [-0.2, 0) is 0 Å². The molecule has 1 heteroatoms. The third-order valence-corrected chi connectivity index (χ3v) is 2.51. The summed E-state index contributed by atoms with van der Waals surface area (Å²) in [4.78, 5) is 0. The monoisotopic (exact) mass is 201 g/mol. The highest BCUT2D eigenvalue weighted by Crippen LogP contribution is 2.27. The van der Waals surface area contributed by atoms with E-state index in [1.165, 1.54) is 38.6 Å². The van der Waals surface area contributed by atoms with Crippen LogP contribution in [0.4, 0.5) is 0 Å². The summed E-state index contributed by atoms with van der Waals surface area (Å²) in [6, 6.07) is 0. The minimum absolute atomic E-state index is 0.564. The van der Waals surface area contributed by atoms with E-state index in [0.717, 1.165) is 0 Å². The van der Waals surface area contributed by atoms with E-state index in [1.54, 1.807) is 0 Å². The molecule has 0 aromatic rings. The van der Waals surface area contributed by atoms with Crippen molar-refractivity contribution in [1.82, 2.24) is 5.32 Å². The molecule has 1 N–H and O–H groups in total. The maximum absolute atomic E-state index is 3.51. The first-order chi connectivity index (χ1) is 6.74. The second-order valence-electron chi connectivity index (χ2n) is 3.77. The molecule has 1 saturated heterocycles. The Labute approximate surface area is 91.7 Å². The van der Waals surface area contributed by atoms with Gasteiger partial charge < -0.3 is 5.32 Å². The molecule has 0 aromatic heterocycles. The van der Waals surface area contributed by atoms with Crippen molar-refractivity contribution in [3.63, 3.8) is 0 Å². The normalized spacial score (nSPS) is 23.6. The zero-order chi connectivity index (χ0) is 11.4. The third-order valence-electron chi connectivity index (χ3n) is 2.51. The molecule has 1 unspecified atom stereocenters. The minimum atomic E-state index is 0.564. The second-order valence-corrected chi connectivity index (χ2v) is 3.77. The molecule has 0 aromatic carbocycles. The Morgan fingerprint density at radius 1 is 1.07 bits per heavy atom. The fourth-order valence-electron chi connectivity index (χ4n) is 1.65. The summed E-state index contributed by atoms with van der Waals surface area (Å²) in [5.74, 6) is 0. The fraction of sp³-hybridized carbons (Fsp3) is 1.00. The average Bonchev–Trinajstić information content (AvgIpc) is 2.16. The first-order valence-electron chi connectivity index (χ1n) is 6.49. The minimum Gasteiger partial charge on any atom is -0.311 e. The number of rotatable bonds is 3. The first kappa shape index (κ1) is 16.4. The van der Waals surface area contributed by atoms with Crippen LogP contribution in [0.25, 0.3) is 0 Å². The van der Waals surface area contributed by atoms with Gasteiger partial charge >= 0.3 is 0 Å². The summed E-state index contributed by atoms with van der Waals surface area (Å²) in [5.41, 5.74) is 0.564. The molecular formula is C13H31N. The van der Waals surface area contributed by atoms with Crippen molar-refractivity contribution in [3.8, 4) is 0 Å². The Hall–Kier alpha value is -0.0400. The summed E-state index contributed by atoms with van der Waals surface area (Å²) in [6.07, 6.45) is 6.64. The Morgan fingerprint density at radius 3 is 1.57 bits per heavy atom. The summed E-state index contributed by atoms with van der Waals surface area (Å²) in [5, 5.41) is 3.51. The topological polar surface area (TPSA) is 12.0 Å². The van der Waals surface area contributed by atoms with Gasteiger partial charge in [-0.2, -0.15) is 0 Å². The Kier molecular flexibility index (Phi) is 12.9. The van der Waals surface area contributed by atoms with Gasteiger partial charge in [-0.15, -0.1) is 0 Å². The van der Waals surface area contributed by atoms with Gasteiger partial charge in [-0.05, 0) is 25.8 Å². The highest BCUT2D eigenvalue weighted by Gasteiger charge is 2.32. The SMILES string of the molecule is CC.CCC.CCCC1(CC)CCN1. The molecule has 1 rings (SSSR count). The van der Waals surface area contributed by atoms with E-state index in [1.807, 2.05) is 13.8 Å². The van der Waals surface area contributed by atoms with Crippen LogP contribution in [0.5, 0.6) is 0 Å². The van der Waals surface area contributed by atoms with E-state index in [9.17, 15) is 0 Å². The van der Waals surface area contributed by atoms with E-state index >= 15 is 0 Å². The average molecular weight is 201 g/mol. The van der Waals surface area contributed by atoms with Crippen molar-refractivity contribution >= 4 is 0 Å². The van der Waals surface area contributed by atoms with Gasteiger partial charge in [0.25, 0.3) is 0 Å². The lowest BCUT2D eigenvalue weighted by molar-refractivity contribution is 0.183. The molecule has 1 nitrogen and oxygen atoms in total. The number of nitrogens with one attached hydrogen (secondary N) is 1. The smallest absolute Gasteiger partial charge is 0.0190 e.